The molecule has 1 saturated heterocycles. The normalized spacial score (nSPS) is 22.4. The average molecular weight is 354 g/mol. The second kappa shape index (κ2) is 6.41. The van der Waals surface area contributed by atoms with Crippen LogP contribution in [0.1, 0.15) is 20.3 Å². The van der Waals surface area contributed by atoms with Crippen LogP contribution < -0.4 is 5.32 Å². The molecule has 1 aromatic carbocycles. The smallest absolute Gasteiger partial charge is 0.224 e. The van der Waals surface area contributed by atoms with Gasteiger partial charge in [0, 0.05) is 30.9 Å². The number of ether oxygens (including phenoxy) is 2. The molecular formula is C15H16BrNO4. The minimum atomic E-state index is -0.955. The number of para-hydroxylation sites is 1. The van der Waals surface area contributed by atoms with Crippen LogP contribution in [0.4, 0.5) is 5.69 Å². The van der Waals surface area contributed by atoms with Gasteiger partial charge in [0.05, 0.1) is 5.69 Å². The highest BCUT2D eigenvalue weighted by Crippen LogP contribution is 2.30. The fourth-order valence-corrected chi connectivity index (χ4v) is 2.41. The molecule has 0 aromatic heterocycles. The van der Waals surface area contributed by atoms with Gasteiger partial charge in [-0.2, -0.15) is 0 Å². The summed E-state index contributed by atoms with van der Waals surface area (Å²) < 4.78 is 12.0. The van der Waals surface area contributed by atoms with Gasteiger partial charge in [-0.15, -0.1) is 0 Å². The zero-order chi connectivity index (χ0) is 15.5. The molecule has 0 bridgehead atoms. The second-order valence-corrected chi connectivity index (χ2v) is 5.92. The highest BCUT2D eigenvalue weighted by atomic mass is 79.9. The Bertz CT molecular complexity index is 583. The highest BCUT2D eigenvalue weighted by molar-refractivity contribution is 9.10. The van der Waals surface area contributed by atoms with Crippen LogP contribution in [0.5, 0.6) is 0 Å². The van der Waals surface area contributed by atoms with Gasteiger partial charge in [-0.3, -0.25) is 9.59 Å². The van der Waals surface area contributed by atoms with E-state index in [4.69, 9.17) is 9.47 Å². The molecule has 0 spiro atoms. The number of hydrogen-bond acceptors (Lipinski definition) is 5. The highest BCUT2D eigenvalue weighted by Gasteiger charge is 2.36. The van der Waals surface area contributed by atoms with Gasteiger partial charge >= 0.3 is 0 Å². The summed E-state index contributed by atoms with van der Waals surface area (Å²) in [5.41, 5.74) is 0.871. The molecule has 1 unspecified atom stereocenters. The van der Waals surface area contributed by atoms with Crippen molar-refractivity contribution in [3.63, 3.8) is 0 Å². The standard InChI is InChI=1S/C15H16BrNO4/c1-15(2)20-10(7-14(21-15)13(19)9-18)8-17-12-6-4-3-5-11(12)16/h3-6,8-9,14,17H,7H2,1-2H3. The second-order valence-electron chi connectivity index (χ2n) is 5.07. The number of halogens is 1. The number of nitrogens with one attached hydrogen (secondary N) is 1. The lowest BCUT2D eigenvalue weighted by molar-refractivity contribution is -0.242. The Labute approximate surface area is 131 Å². The van der Waals surface area contributed by atoms with Gasteiger partial charge in [0.1, 0.15) is 11.9 Å². The quantitative estimate of drug-likeness (QED) is 0.665. The number of hydrogen-bond donors (Lipinski definition) is 1. The Balaban J connectivity index is 2.14. The van der Waals surface area contributed by atoms with Crippen molar-refractivity contribution in [1.29, 1.82) is 0 Å². The topological polar surface area (TPSA) is 64.6 Å². The van der Waals surface area contributed by atoms with E-state index in [0.717, 1.165) is 10.2 Å². The maximum Gasteiger partial charge on any atom is 0.224 e. The van der Waals surface area contributed by atoms with E-state index < -0.39 is 17.7 Å². The molecule has 0 amide bonds. The van der Waals surface area contributed by atoms with Crippen LogP contribution in [0.25, 0.3) is 0 Å². The van der Waals surface area contributed by atoms with Crippen LogP contribution in [0, 0.1) is 0 Å². The first-order chi connectivity index (χ1) is 9.91. The van der Waals surface area contributed by atoms with Gasteiger partial charge in [-0.05, 0) is 28.1 Å². The lowest BCUT2D eigenvalue weighted by atomic mass is 10.1. The summed E-state index contributed by atoms with van der Waals surface area (Å²) in [6.07, 6.45) is 1.37. The van der Waals surface area contributed by atoms with Crippen molar-refractivity contribution in [2.24, 2.45) is 0 Å². The lowest BCUT2D eigenvalue weighted by Crippen LogP contribution is -2.43. The minimum absolute atomic E-state index is 0.221. The molecule has 2 rings (SSSR count). The third-order valence-electron chi connectivity index (χ3n) is 2.89. The van der Waals surface area contributed by atoms with Crippen LogP contribution >= 0.6 is 15.9 Å². The molecule has 1 heterocycles. The maximum atomic E-state index is 11.5. The summed E-state index contributed by atoms with van der Waals surface area (Å²) >= 11 is 3.43. The number of benzene rings is 1. The molecule has 0 radical (unpaired) electrons. The van der Waals surface area contributed by atoms with Crippen LogP contribution in [-0.2, 0) is 19.1 Å². The monoisotopic (exact) mass is 353 g/mol. The first-order valence-electron chi connectivity index (χ1n) is 6.47. The summed E-state index contributed by atoms with van der Waals surface area (Å²) in [5.74, 6) is -0.983. The molecule has 0 aliphatic carbocycles. The summed E-state index contributed by atoms with van der Waals surface area (Å²) in [6.45, 7) is 3.40. The van der Waals surface area contributed by atoms with E-state index >= 15 is 0 Å². The molecule has 1 atom stereocenters. The van der Waals surface area contributed by atoms with Crippen molar-refractivity contribution >= 4 is 33.7 Å². The lowest BCUT2D eigenvalue weighted by Gasteiger charge is -2.36. The molecule has 5 nitrogen and oxygen atoms in total. The molecule has 1 fully saturated rings. The zero-order valence-electron chi connectivity index (χ0n) is 11.8. The molecule has 1 aromatic rings. The van der Waals surface area contributed by atoms with Gasteiger partial charge < -0.3 is 14.8 Å². The fourth-order valence-electron chi connectivity index (χ4n) is 2.01. The molecule has 1 aliphatic rings. The number of carbonyl (C=O) groups is 2. The summed E-state index contributed by atoms with van der Waals surface area (Å²) in [4.78, 5) is 22.2. The third-order valence-corrected chi connectivity index (χ3v) is 3.58. The summed E-state index contributed by atoms with van der Waals surface area (Å²) in [5, 5.41) is 3.11. The number of aldehydes is 1. The summed E-state index contributed by atoms with van der Waals surface area (Å²) in [6, 6.07) is 7.63. The van der Waals surface area contributed by atoms with Gasteiger partial charge in [0.15, 0.2) is 6.29 Å². The van der Waals surface area contributed by atoms with Gasteiger partial charge in [-0.1, -0.05) is 12.1 Å². The Morgan fingerprint density at radius 2 is 2.14 bits per heavy atom. The van der Waals surface area contributed by atoms with E-state index in [1.807, 2.05) is 24.3 Å². The Morgan fingerprint density at radius 3 is 2.81 bits per heavy atom. The number of carbonyl (C=O) groups excluding carboxylic acids is 2. The average Bonchev–Trinajstić information content (AvgIpc) is 2.44. The fraction of sp³-hybridized carbons (Fsp3) is 0.333. The molecule has 112 valence electrons. The molecule has 1 aliphatic heterocycles. The van der Waals surface area contributed by atoms with Gasteiger partial charge in [0.2, 0.25) is 11.6 Å². The Hall–Kier alpha value is -1.66. The first kappa shape index (κ1) is 15.7. The van der Waals surface area contributed by atoms with Gasteiger partial charge in [0.25, 0.3) is 0 Å². The van der Waals surface area contributed by atoms with E-state index in [-0.39, 0.29) is 12.7 Å². The summed E-state index contributed by atoms with van der Waals surface area (Å²) in [7, 11) is 0. The Kier molecular flexibility index (Phi) is 4.80. The zero-order valence-corrected chi connectivity index (χ0v) is 13.3. The van der Waals surface area contributed by atoms with E-state index in [9.17, 15) is 9.59 Å². The van der Waals surface area contributed by atoms with Crippen molar-refractivity contribution in [3.05, 3.63) is 40.7 Å². The predicted molar refractivity (Wildman–Crippen MR) is 81.6 cm³/mol. The minimum Gasteiger partial charge on any atom is -0.466 e. The number of anilines is 1. The van der Waals surface area contributed by atoms with Crippen LogP contribution in [0.15, 0.2) is 40.7 Å². The van der Waals surface area contributed by atoms with Crippen molar-refractivity contribution in [2.45, 2.75) is 32.2 Å². The molecular weight excluding hydrogens is 338 g/mol. The van der Waals surface area contributed by atoms with Crippen LogP contribution in [-0.4, -0.2) is 24.0 Å². The molecule has 1 N–H and O–H groups in total. The number of ketones is 1. The van der Waals surface area contributed by atoms with E-state index in [1.54, 1.807) is 20.0 Å². The number of rotatable bonds is 4. The van der Waals surface area contributed by atoms with Crippen molar-refractivity contribution < 1.29 is 19.1 Å². The molecule has 6 heteroatoms. The van der Waals surface area contributed by atoms with Gasteiger partial charge in [-0.25, -0.2) is 0 Å². The van der Waals surface area contributed by atoms with Crippen molar-refractivity contribution in [1.82, 2.24) is 0 Å². The van der Waals surface area contributed by atoms with Crippen LogP contribution in [0.2, 0.25) is 0 Å². The van der Waals surface area contributed by atoms with E-state index in [0.29, 0.717) is 5.76 Å². The number of Topliss-reactive ketones (excluding diaryl/α,β-unsaturated/α-hetero) is 1. The predicted octanol–water partition coefficient (Wildman–Crippen LogP) is 3.01. The van der Waals surface area contributed by atoms with E-state index in [2.05, 4.69) is 21.2 Å². The first-order valence-corrected chi connectivity index (χ1v) is 7.26. The van der Waals surface area contributed by atoms with Crippen molar-refractivity contribution in [2.75, 3.05) is 5.32 Å². The van der Waals surface area contributed by atoms with Crippen molar-refractivity contribution in [3.8, 4) is 0 Å². The largest absolute Gasteiger partial charge is 0.466 e. The SMILES string of the molecule is CC1(C)OC(=CNc2ccccc2Br)CC(C(=O)C=O)O1. The van der Waals surface area contributed by atoms with Crippen LogP contribution in [0.3, 0.4) is 0 Å². The third kappa shape index (κ3) is 4.15. The molecule has 0 saturated carbocycles. The maximum absolute atomic E-state index is 11.5. The van der Waals surface area contributed by atoms with E-state index in [1.165, 1.54) is 0 Å². The Morgan fingerprint density at radius 1 is 1.43 bits per heavy atom. The molecule has 21 heavy (non-hydrogen) atoms.